The van der Waals surface area contributed by atoms with Crippen LogP contribution < -0.4 is 10.6 Å². The minimum Gasteiger partial charge on any atom is -0.374 e. The van der Waals surface area contributed by atoms with Gasteiger partial charge in [0.25, 0.3) is 0 Å². The average molecular weight is 235 g/mol. The maximum atomic E-state index is 6.06. The number of rotatable bonds is 5. The molecule has 2 N–H and O–H groups in total. The Labute approximate surface area is 105 Å². The fourth-order valence-electron chi connectivity index (χ4n) is 1.84. The van der Waals surface area contributed by atoms with Crippen molar-refractivity contribution in [3.63, 3.8) is 0 Å². The van der Waals surface area contributed by atoms with Gasteiger partial charge in [0.05, 0.1) is 0 Å². The first-order valence-electron chi connectivity index (χ1n) is 6.32. The van der Waals surface area contributed by atoms with Gasteiger partial charge < -0.3 is 10.6 Å². The van der Waals surface area contributed by atoms with Crippen LogP contribution in [0.1, 0.15) is 31.7 Å². The summed E-state index contributed by atoms with van der Waals surface area (Å²) < 4.78 is 0. The third kappa shape index (κ3) is 4.35. The molecule has 0 fully saturated rings. The molecule has 0 aromatic carbocycles. The van der Waals surface area contributed by atoms with Crippen molar-refractivity contribution in [1.82, 2.24) is 4.98 Å². The molecule has 0 aliphatic heterocycles. The Hall–Kier alpha value is -1.09. The Morgan fingerprint density at radius 3 is 2.24 bits per heavy atom. The average Bonchev–Trinajstić information content (AvgIpc) is 2.23. The van der Waals surface area contributed by atoms with Crippen LogP contribution in [0.15, 0.2) is 12.1 Å². The summed E-state index contributed by atoms with van der Waals surface area (Å²) in [5.41, 5.74) is 9.43. The van der Waals surface area contributed by atoms with Gasteiger partial charge in [-0.3, -0.25) is 4.98 Å². The van der Waals surface area contributed by atoms with Gasteiger partial charge in [-0.25, -0.2) is 0 Å². The first-order valence-corrected chi connectivity index (χ1v) is 6.32. The molecule has 0 radical (unpaired) electrons. The summed E-state index contributed by atoms with van der Waals surface area (Å²) >= 11 is 0. The molecule has 1 aromatic heterocycles. The van der Waals surface area contributed by atoms with Gasteiger partial charge in [0, 0.05) is 36.7 Å². The second-order valence-electron chi connectivity index (χ2n) is 5.23. The summed E-state index contributed by atoms with van der Waals surface area (Å²) in [6.45, 7) is 9.40. The van der Waals surface area contributed by atoms with Gasteiger partial charge in [0.15, 0.2) is 0 Å². The fourth-order valence-corrected chi connectivity index (χ4v) is 1.84. The zero-order valence-electron chi connectivity index (χ0n) is 11.7. The van der Waals surface area contributed by atoms with Gasteiger partial charge in [-0.1, -0.05) is 13.8 Å². The van der Waals surface area contributed by atoms with Gasteiger partial charge in [-0.05, 0) is 38.3 Å². The minimum atomic E-state index is 0.279. The largest absolute Gasteiger partial charge is 0.374 e. The SMILES string of the molecule is Cc1cc(N(C)CCC(N)C(C)C)cc(C)n1. The zero-order valence-corrected chi connectivity index (χ0v) is 11.7. The van der Waals surface area contributed by atoms with E-state index in [-0.39, 0.29) is 6.04 Å². The van der Waals surface area contributed by atoms with Crippen LogP contribution in [0.25, 0.3) is 0 Å². The predicted molar refractivity (Wildman–Crippen MR) is 74.4 cm³/mol. The van der Waals surface area contributed by atoms with Crippen LogP contribution in [-0.4, -0.2) is 24.6 Å². The van der Waals surface area contributed by atoms with Gasteiger partial charge in [0.2, 0.25) is 0 Å². The van der Waals surface area contributed by atoms with E-state index in [1.807, 2.05) is 13.8 Å². The Morgan fingerprint density at radius 2 is 1.76 bits per heavy atom. The molecule has 0 spiro atoms. The number of aryl methyl sites for hydroxylation is 2. The summed E-state index contributed by atoms with van der Waals surface area (Å²) in [7, 11) is 2.11. The summed E-state index contributed by atoms with van der Waals surface area (Å²) in [4.78, 5) is 6.64. The second kappa shape index (κ2) is 6.01. The number of hydrogen-bond donors (Lipinski definition) is 1. The third-order valence-electron chi connectivity index (χ3n) is 3.16. The highest BCUT2D eigenvalue weighted by Gasteiger charge is 2.09. The van der Waals surface area contributed by atoms with Crippen molar-refractivity contribution in [2.24, 2.45) is 11.7 Å². The van der Waals surface area contributed by atoms with E-state index in [1.165, 1.54) is 5.69 Å². The molecular weight excluding hydrogens is 210 g/mol. The number of anilines is 1. The quantitative estimate of drug-likeness (QED) is 0.852. The Kier molecular flexibility index (Phi) is 4.94. The smallest absolute Gasteiger partial charge is 0.0399 e. The summed E-state index contributed by atoms with van der Waals surface area (Å²) in [5.74, 6) is 0.546. The molecule has 1 aromatic rings. The Morgan fingerprint density at radius 1 is 1.24 bits per heavy atom. The molecule has 0 amide bonds. The lowest BCUT2D eigenvalue weighted by Gasteiger charge is -2.23. The van der Waals surface area contributed by atoms with Crippen LogP contribution in [0, 0.1) is 19.8 Å². The third-order valence-corrected chi connectivity index (χ3v) is 3.16. The molecule has 0 saturated carbocycles. The molecule has 3 heteroatoms. The van der Waals surface area contributed by atoms with Crippen molar-refractivity contribution < 1.29 is 0 Å². The van der Waals surface area contributed by atoms with E-state index in [1.54, 1.807) is 0 Å². The van der Waals surface area contributed by atoms with Crippen molar-refractivity contribution in [3.8, 4) is 0 Å². The zero-order chi connectivity index (χ0) is 13.0. The maximum Gasteiger partial charge on any atom is 0.0399 e. The molecule has 0 aliphatic carbocycles. The molecule has 17 heavy (non-hydrogen) atoms. The Balaban J connectivity index is 2.60. The fraction of sp³-hybridized carbons (Fsp3) is 0.643. The van der Waals surface area contributed by atoms with Crippen LogP contribution in [0.3, 0.4) is 0 Å². The van der Waals surface area contributed by atoms with E-state index >= 15 is 0 Å². The van der Waals surface area contributed by atoms with Crippen LogP contribution in [0.2, 0.25) is 0 Å². The van der Waals surface area contributed by atoms with Crippen molar-refractivity contribution >= 4 is 5.69 Å². The van der Waals surface area contributed by atoms with E-state index in [2.05, 4.69) is 42.9 Å². The second-order valence-corrected chi connectivity index (χ2v) is 5.23. The first-order chi connectivity index (χ1) is 7.90. The van der Waals surface area contributed by atoms with Gasteiger partial charge in [0.1, 0.15) is 0 Å². The van der Waals surface area contributed by atoms with Crippen LogP contribution in [-0.2, 0) is 0 Å². The van der Waals surface area contributed by atoms with Crippen LogP contribution in [0.4, 0.5) is 5.69 Å². The highest BCUT2D eigenvalue weighted by Crippen LogP contribution is 2.16. The minimum absolute atomic E-state index is 0.279. The molecule has 1 unspecified atom stereocenters. The topological polar surface area (TPSA) is 42.1 Å². The molecule has 1 heterocycles. The van der Waals surface area contributed by atoms with E-state index in [9.17, 15) is 0 Å². The summed E-state index contributed by atoms with van der Waals surface area (Å²) in [6, 6.07) is 4.52. The number of aromatic nitrogens is 1. The van der Waals surface area contributed by atoms with Crippen molar-refractivity contribution in [1.29, 1.82) is 0 Å². The molecule has 96 valence electrons. The van der Waals surface area contributed by atoms with Crippen molar-refractivity contribution in [2.45, 2.75) is 40.2 Å². The number of pyridine rings is 1. The maximum absolute atomic E-state index is 6.06. The van der Waals surface area contributed by atoms with Gasteiger partial charge in [-0.2, -0.15) is 0 Å². The normalized spacial score (nSPS) is 12.9. The lowest BCUT2D eigenvalue weighted by Crippen LogP contribution is -2.31. The molecule has 1 atom stereocenters. The molecule has 0 bridgehead atoms. The summed E-state index contributed by atoms with van der Waals surface area (Å²) in [6.07, 6.45) is 1.02. The van der Waals surface area contributed by atoms with Crippen LogP contribution >= 0.6 is 0 Å². The highest BCUT2D eigenvalue weighted by molar-refractivity contribution is 5.47. The predicted octanol–water partition coefficient (Wildman–Crippen LogP) is 2.51. The van der Waals surface area contributed by atoms with Crippen molar-refractivity contribution in [3.05, 3.63) is 23.5 Å². The highest BCUT2D eigenvalue weighted by atomic mass is 15.1. The number of nitrogens with two attached hydrogens (primary N) is 1. The van der Waals surface area contributed by atoms with Crippen molar-refractivity contribution in [2.75, 3.05) is 18.5 Å². The number of hydrogen-bond acceptors (Lipinski definition) is 3. The van der Waals surface area contributed by atoms with Crippen LogP contribution in [0.5, 0.6) is 0 Å². The Bertz CT molecular complexity index is 340. The molecule has 1 rings (SSSR count). The van der Waals surface area contributed by atoms with E-state index in [0.29, 0.717) is 5.92 Å². The lowest BCUT2D eigenvalue weighted by molar-refractivity contribution is 0.466. The molecule has 3 nitrogen and oxygen atoms in total. The number of nitrogens with zero attached hydrogens (tertiary/aromatic N) is 2. The van der Waals surface area contributed by atoms with E-state index in [0.717, 1.165) is 24.4 Å². The standard InChI is InChI=1S/C14H25N3/c1-10(2)14(15)6-7-17(5)13-8-11(3)16-12(4)9-13/h8-10,14H,6-7,15H2,1-5H3. The molecule has 0 aliphatic rings. The first kappa shape index (κ1) is 14.0. The van der Waals surface area contributed by atoms with E-state index in [4.69, 9.17) is 5.73 Å². The monoisotopic (exact) mass is 235 g/mol. The van der Waals surface area contributed by atoms with Gasteiger partial charge in [-0.15, -0.1) is 0 Å². The summed E-state index contributed by atoms with van der Waals surface area (Å²) in [5, 5.41) is 0. The van der Waals surface area contributed by atoms with Gasteiger partial charge >= 0.3 is 0 Å². The molecular formula is C14H25N3. The van der Waals surface area contributed by atoms with E-state index < -0.39 is 0 Å². The molecule has 0 saturated heterocycles. The lowest BCUT2D eigenvalue weighted by atomic mass is 10.0.